The molecule has 4 rings (SSSR count). The second-order valence-electron chi connectivity index (χ2n) is 7.59. The minimum Gasteiger partial charge on any atom is -0.389 e. The Morgan fingerprint density at radius 2 is 1.93 bits per heavy atom. The number of fused-ring (bicyclic) bond motifs is 2. The molecule has 6 nitrogen and oxygen atoms in total. The molecule has 1 fully saturated rings. The monoisotopic (exact) mass is 414 g/mol. The largest absolute Gasteiger partial charge is 0.389 e. The van der Waals surface area contributed by atoms with Crippen molar-refractivity contribution in [2.75, 3.05) is 13.2 Å². The fourth-order valence-electron chi connectivity index (χ4n) is 4.10. The van der Waals surface area contributed by atoms with E-state index in [-0.39, 0.29) is 25.2 Å². The lowest BCUT2D eigenvalue weighted by Crippen LogP contribution is -2.43. The summed E-state index contributed by atoms with van der Waals surface area (Å²) in [6, 6.07) is 14.5. The number of aliphatic hydroxyl groups is 1. The molecule has 2 aromatic rings. The van der Waals surface area contributed by atoms with Crippen LogP contribution in [0.2, 0.25) is 5.02 Å². The molecule has 3 atom stereocenters. The first-order chi connectivity index (χ1) is 13.9. The topological polar surface area (TPSA) is 78.9 Å². The zero-order chi connectivity index (χ0) is 20.6. The van der Waals surface area contributed by atoms with E-state index in [9.17, 15) is 14.7 Å². The molecule has 1 aliphatic carbocycles. The zero-order valence-corrected chi connectivity index (χ0v) is 16.9. The normalized spacial score (nSPS) is 22.7. The van der Waals surface area contributed by atoms with E-state index in [1.807, 2.05) is 43.3 Å². The van der Waals surface area contributed by atoms with Crippen LogP contribution < -0.4 is 5.32 Å². The number of urea groups is 1. The van der Waals surface area contributed by atoms with Gasteiger partial charge in [0.2, 0.25) is 0 Å². The Morgan fingerprint density at radius 3 is 2.69 bits per heavy atom. The summed E-state index contributed by atoms with van der Waals surface area (Å²) in [7, 11) is 0. The van der Waals surface area contributed by atoms with E-state index in [1.54, 1.807) is 12.1 Å². The number of hydrogen-bond acceptors (Lipinski definition) is 4. The first kappa shape index (κ1) is 19.9. The number of benzene rings is 2. The van der Waals surface area contributed by atoms with E-state index < -0.39 is 17.7 Å². The number of imide groups is 1. The number of ether oxygens (including phenoxy) is 1. The first-order valence-electron chi connectivity index (χ1n) is 9.68. The van der Waals surface area contributed by atoms with Crippen molar-refractivity contribution < 1.29 is 19.4 Å². The average molecular weight is 415 g/mol. The maximum absolute atomic E-state index is 13.1. The maximum atomic E-state index is 13.1. The third-order valence-corrected chi connectivity index (χ3v) is 5.95. The molecule has 3 unspecified atom stereocenters. The summed E-state index contributed by atoms with van der Waals surface area (Å²) in [6.45, 7) is 1.76. The molecular formula is C22H23ClN2O4. The number of aliphatic hydroxyl groups excluding tert-OH is 1. The Labute approximate surface area is 174 Å². The lowest BCUT2D eigenvalue weighted by Gasteiger charge is -2.23. The zero-order valence-electron chi connectivity index (χ0n) is 16.1. The number of rotatable bonds is 6. The predicted molar refractivity (Wildman–Crippen MR) is 109 cm³/mol. The van der Waals surface area contributed by atoms with Gasteiger partial charge in [-0.25, -0.2) is 4.79 Å². The fraction of sp³-hybridized carbons (Fsp3) is 0.364. The van der Waals surface area contributed by atoms with Crippen LogP contribution in [0.4, 0.5) is 4.79 Å². The average Bonchev–Trinajstić information content (AvgIpc) is 3.20. The highest BCUT2D eigenvalue weighted by molar-refractivity contribution is 6.30. The number of nitrogens with zero attached hydrogens (tertiary/aromatic N) is 1. The number of aryl methyl sites for hydroxylation is 1. The van der Waals surface area contributed by atoms with Crippen LogP contribution >= 0.6 is 11.6 Å². The molecule has 1 spiro atoms. The molecule has 0 saturated carbocycles. The van der Waals surface area contributed by atoms with Gasteiger partial charge in [0, 0.05) is 5.02 Å². The summed E-state index contributed by atoms with van der Waals surface area (Å²) in [5, 5.41) is 13.9. The third kappa shape index (κ3) is 3.64. The third-order valence-electron chi connectivity index (χ3n) is 5.69. The van der Waals surface area contributed by atoms with Gasteiger partial charge in [0.1, 0.15) is 5.54 Å². The van der Waals surface area contributed by atoms with Crippen LogP contribution in [0.15, 0.2) is 48.5 Å². The van der Waals surface area contributed by atoms with Crippen LogP contribution in [0, 0.1) is 0 Å². The number of carbonyl (C=O) groups excluding carboxylic acids is 2. The molecule has 152 valence electrons. The van der Waals surface area contributed by atoms with Crippen molar-refractivity contribution in [2.24, 2.45) is 0 Å². The summed E-state index contributed by atoms with van der Waals surface area (Å²) in [5.74, 6) is -0.308. The van der Waals surface area contributed by atoms with E-state index >= 15 is 0 Å². The number of nitrogens with one attached hydrogen (secondary N) is 1. The molecular weight excluding hydrogens is 392 g/mol. The molecule has 0 aromatic heterocycles. The summed E-state index contributed by atoms with van der Waals surface area (Å²) < 4.78 is 5.72. The van der Waals surface area contributed by atoms with Crippen LogP contribution in [0.25, 0.3) is 0 Å². The quantitative estimate of drug-likeness (QED) is 0.711. The molecule has 1 heterocycles. The summed E-state index contributed by atoms with van der Waals surface area (Å²) in [5.41, 5.74) is 1.84. The Morgan fingerprint density at radius 1 is 1.21 bits per heavy atom. The molecule has 2 N–H and O–H groups in total. The van der Waals surface area contributed by atoms with E-state index in [0.29, 0.717) is 11.4 Å². The van der Waals surface area contributed by atoms with Gasteiger partial charge in [0.05, 0.1) is 25.4 Å². The summed E-state index contributed by atoms with van der Waals surface area (Å²) in [6.07, 6.45) is 0.0396. The van der Waals surface area contributed by atoms with E-state index in [2.05, 4.69) is 5.32 Å². The second kappa shape index (κ2) is 7.78. The van der Waals surface area contributed by atoms with Gasteiger partial charge < -0.3 is 15.2 Å². The molecule has 2 aromatic carbocycles. The van der Waals surface area contributed by atoms with Gasteiger partial charge in [0.25, 0.3) is 5.91 Å². The van der Waals surface area contributed by atoms with Crippen LogP contribution in [-0.4, -0.2) is 41.2 Å². The highest BCUT2D eigenvalue weighted by Crippen LogP contribution is 2.41. The van der Waals surface area contributed by atoms with Gasteiger partial charge in [0.15, 0.2) is 0 Å². The minimum atomic E-state index is -1.01. The molecule has 29 heavy (non-hydrogen) atoms. The van der Waals surface area contributed by atoms with E-state index in [0.717, 1.165) is 28.0 Å². The Kier molecular flexibility index (Phi) is 5.34. The van der Waals surface area contributed by atoms with Gasteiger partial charge in [-0.2, -0.15) is 0 Å². The fourth-order valence-corrected chi connectivity index (χ4v) is 4.23. The van der Waals surface area contributed by atoms with Gasteiger partial charge in [-0.3, -0.25) is 9.69 Å². The number of hydrogen-bond donors (Lipinski definition) is 2. The van der Waals surface area contributed by atoms with Crippen molar-refractivity contribution in [3.8, 4) is 0 Å². The molecule has 0 bridgehead atoms. The van der Waals surface area contributed by atoms with Crippen LogP contribution in [-0.2, 0) is 21.5 Å². The molecule has 1 saturated heterocycles. The second-order valence-corrected chi connectivity index (χ2v) is 8.03. The smallest absolute Gasteiger partial charge is 0.325 e. The van der Waals surface area contributed by atoms with Crippen molar-refractivity contribution in [1.82, 2.24) is 10.2 Å². The van der Waals surface area contributed by atoms with Crippen molar-refractivity contribution in [3.63, 3.8) is 0 Å². The van der Waals surface area contributed by atoms with Crippen LogP contribution in [0.5, 0.6) is 0 Å². The standard InChI is InChI=1S/C22H23ClN2O4/c1-14(15-6-8-17(23)9-7-15)29-13-18(26)12-25-20(27)22(24-21(25)28)11-10-16-4-2-3-5-19(16)22/h2-9,14,18,26H,10-13H2,1H3,(H,24,28). The first-order valence-corrected chi connectivity index (χ1v) is 10.1. The molecule has 1 aliphatic heterocycles. The summed E-state index contributed by atoms with van der Waals surface area (Å²) >= 11 is 5.89. The summed E-state index contributed by atoms with van der Waals surface area (Å²) in [4.78, 5) is 26.7. The van der Waals surface area contributed by atoms with Crippen molar-refractivity contribution in [3.05, 3.63) is 70.2 Å². The molecule has 7 heteroatoms. The van der Waals surface area contributed by atoms with Gasteiger partial charge in [-0.1, -0.05) is 48.0 Å². The Hall–Kier alpha value is -2.41. The van der Waals surface area contributed by atoms with E-state index in [1.165, 1.54) is 0 Å². The number of amides is 3. The van der Waals surface area contributed by atoms with Crippen LogP contribution in [0.1, 0.15) is 36.1 Å². The maximum Gasteiger partial charge on any atom is 0.325 e. The van der Waals surface area contributed by atoms with Crippen LogP contribution in [0.3, 0.4) is 0 Å². The Bertz CT molecular complexity index is 933. The highest BCUT2D eigenvalue weighted by atomic mass is 35.5. The number of carbonyl (C=O) groups is 2. The number of halogens is 1. The van der Waals surface area contributed by atoms with Gasteiger partial charge >= 0.3 is 6.03 Å². The SMILES string of the molecule is CC(OCC(O)CN1C(=O)NC2(CCc3ccccc32)C1=O)c1ccc(Cl)cc1. The lowest BCUT2D eigenvalue weighted by molar-refractivity contribution is -0.133. The van der Waals surface area contributed by atoms with Crippen molar-refractivity contribution in [1.29, 1.82) is 0 Å². The minimum absolute atomic E-state index is 0.00440. The van der Waals surface area contributed by atoms with E-state index in [4.69, 9.17) is 16.3 Å². The van der Waals surface area contributed by atoms with Crippen molar-refractivity contribution >= 4 is 23.5 Å². The Balaban J connectivity index is 1.39. The van der Waals surface area contributed by atoms with Crippen molar-refractivity contribution in [2.45, 2.75) is 37.5 Å². The predicted octanol–water partition coefficient (Wildman–Crippen LogP) is 3.17. The molecule has 0 radical (unpaired) electrons. The van der Waals surface area contributed by atoms with Gasteiger partial charge in [-0.15, -0.1) is 0 Å². The highest BCUT2D eigenvalue weighted by Gasteiger charge is 2.55. The molecule has 3 amide bonds. The van der Waals surface area contributed by atoms with Gasteiger partial charge in [-0.05, 0) is 48.6 Å². The number of β-amino-alcohol motifs (C(OH)–C–C–N with tert-alkyl or cyclic N) is 1. The lowest BCUT2D eigenvalue weighted by atomic mass is 9.92. The molecule has 2 aliphatic rings.